The lowest BCUT2D eigenvalue weighted by atomic mass is 9.87. The fourth-order valence-electron chi connectivity index (χ4n) is 3.69. The first-order valence-electron chi connectivity index (χ1n) is 8.59. The maximum absolute atomic E-state index is 13.2. The van der Waals surface area contributed by atoms with Crippen LogP contribution >= 0.6 is 0 Å². The average Bonchev–Trinajstić information content (AvgIpc) is 2.84. The van der Waals surface area contributed by atoms with Crippen molar-refractivity contribution in [1.29, 1.82) is 0 Å². The molecule has 2 unspecified atom stereocenters. The van der Waals surface area contributed by atoms with E-state index in [2.05, 4.69) is 0 Å². The van der Waals surface area contributed by atoms with Gasteiger partial charge in [-0.1, -0.05) is 80.3 Å². The van der Waals surface area contributed by atoms with Crippen molar-refractivity contribution in [2.45, 2.75) is 25.5 Å². The fraction of sp³-hybridized carbons (Fsp3) is 0.286. The minimum atomic E-state index is -1.85. The predicted octanol–water partition coefficient (Wildman–Crippen LogP) is 2.15. The minimum Gasteiger partial charge on any atom is -0.872 e. The van der Waals surface area contributed by atoms with E-state index in [-0.39, 0.29) is 11.4 Å². The fourth-order valence-corrected chi connectivity index (χ4v) is 3.69. The summed E-state index contributed by atoms with van der Waals surface area (Å²) in [6.07, 6.45) is 0. The van der Waals surface area contributed by atoms with Crippen LogP contribution in [0.5, 0.6) is 0 Å². The highest BCUT2D eigenvalue weighted by Gasteiger charge is 2.52. The minimum absolute atomic E-state index is 0.0869. The summed E-state index contributed by atoms with van der Waals surface area (Å²) in [6, 6.07) is 17.9. The Morgan fingerprint density at radius 2 is 1.52 bits per heavy atom. The first kappa shape index (κ1) is 17.4. The maximum Gasteiger partial charge on any atom is 0.174 e. The van der Waals surface area contributed by atoms with Gasteiger partial charge >= 0.3 is 0 Å². The summed E-state index contributed by atoms with van der Waals surface area (Å²) in [5.41, 5.74) is -0.556. The molecule has 2 aromatic rings. The van der Waals surface area contributed by atoms with Gasteiger partial charge in [0.05, 0.1) is 5.92 Å². The van der Waals surface area contributed by atoms with E-state index in [4.69, 9.17) is 0 Å². The number of aliphatic hydroxyl groups is 1. The number of likely N-dealkylation sites (N-methyl/N-ethyl adjacent to an activating group) is 1. The summed E-state index contributed by atoms with van der Waals surface area (Å²) in [4.78, 5) is 14.9. The van der Waals surface area contributed by atoms with E-state index in [1.807, 2.05) is 38.1 Å². The zero-order chi connectivity index (χ0) is 18.0. The van der Waals surface area contributed by atoms with Gasteiger partial charge < -0.3 is 10.2 Å². The Kier molecular flexibility index (Phi) is 4.75. The number of hydrogen-bond donors (Lipinski definition) is 1. The van der Waals surface area contributed by atoms with Crippen LogP contribution in [0.1, 0.15) is 30.9 Å². The van der Waals surface area contributed by atoms with Crippen molar-refractivity contribution in [2.75, 3.05) is 13.1 Å². The van der Waals surface area contributed by atoms with Crippen LogP contribution in [0.3, 0.4) is 0 Å². The largest absolute Gasteiger partial charge is 0.872 e. The number of carbonyl (C=O) groups is 1. The SMILES string of the molecule is CCN(CC)C1(O)C([O-])=C(c2ccccc2)C(=O)C1c1ccccc1. The molecule has 1 aliphatic carbocycles. The molecule has 0 fully saturated rings. The number of nitrogens with zero attached hydrogens (tertiary/aromatic N) is 1. The monoisotopic (exact) mass is 336 g/mol. The second-order valence-electron chi connectivity index (χ2n) is 6.18. The van der Waals surface area contributed by atoms with Gasteiger partial charge in [0, 0.05) is 5.57 Å². The first-order chi connectivity index (χ1) is 12.1. The third-order valence-electron chi connectivity index (χ3n) is 4.91. The van der Waals surface area contributed by atoms with Crippen LogP contribution in [0.25, 0.3) is 5.57 Å². The van der Waals surface area contributed by atoms with Crippen LogP contribution in [-0.2, 0) is 4.79 Å². The summed E-state index contributed by atoms with van der Waals surface area (Å²) in [5, 5.41) is 24.7. The van der Waals surface area contributed by atoms with Crippen molar-refractivity contribution in [3.8, 4) is 0 Å². The maximum atomic E-state index is 13.2. The highest BCUT2D eigenvalue weighted by atomic mass is 16.4. The molecule has 0 bridgehead atoms. The summed E-state index contributed by atoms with van der Waals surface area (Å²) < 4.78 is 0. The molecule has 4 nitrogen and oxygen atoms in total. The van der Waals surface area contributed by atoms with Gasteiger partial charge in [-0.3, -0.25) is 9.69 Å². The van der Waals surface area contributed by atoms with Gasteiger partial charge in [0.1, 0.15) is 5.72 Å². The molecule has 130 valence electrons. The average molecular weight is 336 g/mol. The van der Waals surface area contributed by atoms with Gasteiger partial charge in [-0.25, -0.2) is 0 Å². The van der Waals surface area contributed by atoms with Gasteiger partial charge in [0.25, 0.3) is 0 Å². The molecule has 0 amide bonds. The van der Waals surface area contributed by atoms with Crippen LogP contribution in [0.15, 0.2) is 66.4 Å². The quantitative estimate of drug-likeness (QED) is 0.850. The highest BCUT2D eigenvalue weighted by molar-refractivity contribution is 6.27. The zero-order valence-corrected chi connectivity index (χ0v) is 14.5. The van der Waals surface area contributed by atoms with Crippen molar-refractivity contribution >= 4 is 11.4 Å². The molecule has 1 aliphatic rings. The van der Waals surface area contributed by atoms with Crippen molar-refractivity contribution in [1.82, 2.24) is 4.90 Å². The lowest BCUT2D eigenvalue weighted by Gasteiger charge is -2.44. The Balaban J connectivity index is 2.22. The second-order valence-corrected chi connectivity index (χ2v) is 6.18. The lowest BCUT2D eigenvalue weighted by Crippen LogP contribution is -2.55. The molecule has 3 rings (SSSR count). The summed E-state index contributed by atoms with van der Waals surface area (Å²) in [7, 11) is 0. The first-order valence-corrected chi connectivity index (χ1v) is 8.59. The molecule has 2 aromatic carbocycles. The number of allylic oxidation sites excluding steroid dienone is 1. The molecule has 0 heterocycles. The Hall–Kier alpha value is -2.43. The van der Waals surface area contributed by atoms with Crippen LogP contribution in [0.2, 0.25) is 0 Å². The van der Waals surface area contributed by atoms with E-state index in [0.717, 1.165) is 0 Å². The zero-order valence-electron chi connectivity index (χ0n) is 14.5. The van der Waals surface area contributed by atoms with Crippen molar-refractivity contribution in [3.63, 3.8) is 0 Å². The van der Waals surface area contributed by atoms with E-state index in [1.165, 1.54) is 0 Å². The molecule has 0 aliphatic heterocycles. The Labute approximate surface area is 148 Å². The summed E-state index contributed by atoms with van der Waals surface area (Å²) in [5.74, 6) is -1.76. The van der Waals surface area contributed by atoms with E-state index < -0.39 is 17.4 Å². The molecule has 0 radical (unpaired) electrons. The number of benzene rings is 2. The topological polar surface area (TPSA) is 63.6 Å². The molecule has 0 spiro atoms. The van der Waals surface area contributed by atoms with Crippen molar-refractivity contribution in [2.24, 2.45) is 0 Å². The number of carbonyl (C=O) groups excluding carboxylic acids is 1. The molecule has 1 N–H and O–H groups in total. The Morgan fingerprint density at radius 3 is 2.04 bits per heavy atom. The van der Waals surface area contributed by atoms with Gasteiger partial charge in [-0.05, 0) is 24.2 Å². The molecular weight excluding hydrogens is 314 g/mol. The Morgan fingerprint density at radius 1 is 1.00 bits per heavy atom. The van der Waals surface area contributed by atoms with Crippen molar-refractivity contribution < 1.29 is 15.0 Å². The molecule has 0 saturated carbocycles. The van der Waals surface area contributed by atoms with Crippen molar-refractivity contribution in [3.05, 3.63) is 77.5 Å². The number of rotatable bonds is 5. The van der Waals surface area contributed by atoms with E-state index in [0.29, 0.717) is 24.2 Å². The summed E-state index contributed by atoms with van der Waals surface area (Å²) >= 11 is 0. The molecule has 25 heavy (non-hydrogen) atoms. The predicted molar refractivity (Wildman–Crippen MR) is 95.4 cm³/mol. The van der Waals surface area contributed by atoms with Crippen LogP contribution in [0.4, 0.5) is 0 Å². The van der Waals surface area contributed by atoms with E-state index >= 15 is 0 Å². The van der Waals surface area contributed by atoms with Crippen LogP contribution in [0, 0.1) is 0 Å². The summed E-state index contributed by atoms with van der Waals surface area (Å²) in [6.45, 7) is 4.69. The standard InChI is InChI=1S/C21H23NO3/c1-3-22(4-2)21(25)18(16-13-9-6-10-14-16)19(23)17(20(21)24)15-11-7-5-8-12-15/h5-14,18,24-25H,3-4H2,1-2H3/p-1. The normalized spacial score (nSPS) is 23.5. The van der Waals surface area contributed by atoms with Crippen LogP contribution in [-0.4, -0.2) is 34.6 Å². The van der Waals surface area contributed by atoms with Gasteiger partial charge in [-0.15, -0.1) is 0 Å². The number of hydrogen-bond acceptors (Lipinski definition) is 4. The molecule has 4 heteroatoms. The number of Topliss-reactive ketones (excluding diaryl/α,β-unsaturated/α-hetero) is 1. The third kappa shape index (κ3) is 2.68. The smallest absolute Gasteiger partial charge is 0.174 e. The lowest BCUT2D eigenvalue weighted by molar-refractivity contribution is -0.347. The molecular formula is C21H22NO3-. The van der Waals surface area contributed by atoms with E-state index in [9.17, 15) is 15.0 Å². The molecule has 0 saturated heterocycles. The van der Waals surface area contributed by atoms with Gasteiger partial charge in [0.15, 0.2) is 5.78 Å². The molecule has 0 aromatic heterocycles. The van der Waals surface area contributed by atoms with Crippen LogP contribution < -0.4 is 5.11 Å². The highest BCUT2D eigenvalue weighted by Crippen LogP contribution is 2.47. The Bertz CT molecular complexity index is 781. The third-order valence-corrected chi connectivity index (χ3v) is 4.91. The molecule has 2 atom stereocenters. The number of ketones is 1. The van der Waals surface area contributed by atoms with E-state index in [1.54, 1.807) is 41.3 Å². The van der Waals surface area contributed by atoms with Gasteiger partial charge in [-0.2, -0.15) is 0 Å². The van der Waals surface area contributed by atoms with Gasteiger partial charge in [0.2, 0.25) is 0 Å². The second kappa shape index (κ2) is 6.82.